The zero-order chi connectivity index (χ0) is 14.7. The van der Waals surface area contributed by atoms with Gasteiger partial charge in [0.1, 0.15) is 0 Å². The number of rotatable bonds is 5. The number of fused-ring (bicyclic) bond motifs is 1. The smallest absolute Gasteiger partial charge is 0.307 e. The predicted molar refractivity (Wildman–Crippen MR) is 79.6 cm³/mol. The number of carboxylic acids is 1. The van der Waals surface area contributed by atoms with Crippen LogP contribution in [0.3, 0.4) is 0 Å². The largest absolute Gasteiger partial charge is 0.481 e. The molecule has 20 heavy (non-hydrogen) atoms. The molecule has 0 bridgehead atoms. The second-order valence-electron chi connectivity index (χ2n) is 5.42. The van der Waals surface area contributed by atoms with Gasteiger partial charge in [-0.15, -0.1) is 0 Å². The van der Waals surface area contributed by atoms with Crippen LogP contribution in [0.15, 0.2) is 30.3 Å². The fraction of sp³-hybridized carbons (Fsp3) is 0.375. The fourth-order valence-corrected chi connectivity index (χ4v) is 2.30. The molecule has 0 saturated carbocycles. The lowest BCUT2D eigenvalue weighted by molar-refractivity contribution is -0.141. The second kappa shape index (κ2) is 6.01. The molecule has 0 amide bonds. The topological polar surface area (TPSA) is 53.4 Å². The number of aryl methyl sites for hydroxylation is 1. The van der Waals surface area contributed by atoms with Crippen LogP contribution >= 0.6 is 0 Å². The monoisotopic (exact) mass is 272 g/mol. The molecule has 0 fully saturated rings. The summed E-state index contributed by atoms with van der Waals surface area (Å²) < 4.78 is 0. The Bertz CT molecular complexity index is 625. The van der Waals surface area contributed by atoms with E-state index >= 15 is 0 Å². The fourth-order valence-electron chi connectivity index (χ4n) is 2.30. The van der Waals surface area contributed by atoms with E-state index in [9.17, 15) is 4.79 Å². The zero-order valence-electron chi connectivity index (χ0n) is 12.1. The van der Waals surface area contributed by atoms with Crippen LogP contribution < -0.4 is 0 Å². The minimum absolute atomic E-state index is 0.357. The Labute approximate surface area is 119 Å². The standard InChI is InChI=1S/C16H20N2O2/c1-11(16(19)20)9-18(3)10-13-5-7-15-14(8-13)6-4-12(2)17-15/h4-8,11H,9-10H2,1-3H3,(H,19,20). The summed E-state index contributed by atoms with van der Waals surface area (Å²) in [6, 6.07) is 10.3. The van der Waals surface area contributed by atoms with Gasteiger partial charge in [0.2, 0.25) is 0 Å². The second-order valence-corrected chi connectivity index (χ2v) is 5.42. The van der Waals surface area contributed by atoms with Gasteiger partial charge >= 0.3 is 5.97 Å². The first kappa shape index (κ1) is 14.5. The van der Waals surface area contributed by atoms with Gasteiger partial charge in [0.15, 0.2) is 0 Å². The average molecular weight is 272 g/mol. The molecule has 0 aliphatic carbocycles. The van der Waals surface area contributed by atoms with E-state index in [2.05, 4.69) is 23.2 Å². The van der Waals surface area contributed by atoms with Crippen molar-refractivity contribution in [3.05, 3.63) is 41.6 Å². The van der Waals surface area contributed by atoms with Crippen molar-refractivity contribution in [2.45, 2.75) is 20.4 Å². The number of pyridine rings is 1. The maximum Gasteiger partial charge on any atom is 0.307 e. The Morgan fingerprint density at radius 2 is 2.10 bits per heavy atom. The van der Waals surface area contributed by atoms with Crippen molar-refractivity contribution >= 4 is 16.9 Å². The van der Waals surface area contributed by atoms with Crippen LogP contribution in [0.25, 0.3) is 10.9 Å². The lowest BCUT2D eigenvalue weighted by atomic mass is 10.1. The molecule has 1 heterocycles. The Hall–Kier alpha value is -1.94. The van der Waals surface area contributed by atoms with Crippen molar-refractivity contribution in [2.24, 2.45) is 5.92 Å². The molecule has 0 aliphatic rings. The normalized spacial score (nSPS) is 12.8. The summed E-state index contributed by atoms with van der Waals surface area (Å²) in [6.07, 6.45) is 0. The minimum atomic E-state index is -0.755. The molecule has 106 valence electrons. The summed E-state index contributed by atoms with van der Waals surface area (Å²) in [7, 11) is 1.94. The van der Waals surface area contributed by atoms with Crippen molar-refractivity contribution in [1.82, 2.24) is 9.88 Å². The van der Waals surface area contributed by atoms with E-state index in [4.69, 9.17) is 5.11 Å². The molecule has 2 aromatic rings. The summed E-state index contributed by atoms with van der Waals surface area (Å²) in [5, 5.41) is 10.0. The highest BCUT2D eigenvalue weighted by molar-refractivity contribution is 5.79. The first-order chi connectivity index (χ1) is 9.45. The molecule has 4 heteroatoms. The van der Waals surface area contributed by atoms with Crippen molar-refractivity contribution in [1.29, 1.82) is 0 Å². The number of carboxylic acid groups (broad SMARTS) is 1. The van der Waals surface area contributed by atoms with Crippen molar-refractivity contribution in [3.63, 3.8) is 0 Å². The Kier molecular flexibility index (Phi) is 4.35. The Morgan fingerprint density at radius 1 is 1.35 bits per heavy atom. The van der Waals surface area contributed by atoms with Gasteiger partial charge in [0, 0.05) is 24.2 Å². The quantitative estimate of drug-likeness (QED) is 0.909. The third kappa shape index (κ3) is 3.54. The number of aromatic nitrogens is 1. The number of benzene rings is 1. The van der Waals surface area contributed by atoms with E-state index in [1.54, 1.807) is 6.92 Å². The number of hydrogen-bond acceptors (Lipinski definition) is 3. The Morgan fingerprint density at radius 3 is 2.80 bits per heavy atom. The van der Waals surface area contributed by atoms with Gasteiger partial charge in [-0.25, -0.2) is 0 Å². The predicted octanol–water partition coefficient (Wildman–Crippen LogP) is 2.70. The molecular weight excluding hydrogens is 252 g/mol. The highest BCUT2D eigenvalue weighted by Crippen LogP contribution is 2.16. The molecule has 0 spiro atoms. The molecule has 1 aromatic carbocycles. The van der Waals surface area contributed by atoms with Gasteiger partial charge < -0.3 is 10.0 Å². The molecule has 1 N–H and O–H groups in total. The number of carbonyl (C=O) groups is 1. The average Bonchev–Trinajstić information content (AvgIpc) is 2.38. The maximum absolute atomic E-state index is 10.9. The van der Waals surface area contributed by atoms with Crippen molar-refractivity contribution < 1.29 is 9.90 Å². The molecule has 0 aliphatic heterocycles. The van der Waals surface area contributed by atoms with E-state index in [-0.39, 0.29) is 5.92 Å². The van der Waals surface area contributed by atoms with Crippen LogP contribution in [-0.2, 0) is 11.3 Å². The first-order valence-electron chi connectivity index (χ1n) is 6.73. The van der Waals surface area contributed by atoms with E-state index < -0.39 is 5.97 Å². The highest BCUT2D eigenvalue weighted by Gasteiger charge is 2.13. The van der Waals surface area contributed by atoms with E-state index in [0.29, 0.717) is 6.54 Å². The molecule has 2 rings (SSSR count). The van der Waals surface area contributed by atoms with Crippen LogP contribution in [0.5, 0.6) is 0 Å². The molecule has 0 radical (unpaired) electrons. The molecule has 0 saturated heterocycles. The summed E-state index contributed by atoms with van der Waals surface area (Å²) >= 11 is 0. The number of hydrogen-bond donors (Lipinski definition) is 1. The van der Waals surface area contributed by atoms with Gasteiger partial charge in [0.25, 0.3) is 0 Å². The van der Waals surface area contributed by atoms with Gasteiger partial charge in [-0.1, -0.05) is 19.1 Å². The third-order valence-corrected chi connectivity index (χ3v) is 3.35. The summed E-state index contributed by atoms with van der Waals surface area (Å²) in [4.78, 5) is 17.4. The van der Waals surface area contributed by atoms with Crippen LogP contribution in [0.2, 0.25) is 0 Å². The zero-order valence-corrected chi connectivity index (χ0v) is 12.1. The maximum atomic E-state index is 10.9. The molecule has 1 aromatic heterocycles. The minimum Gasteiger partial charge on any atom is -0.481 e. The van der Waals surface area contributed by atoms with Gasteiger partial charge in [-0.05, 0) is 37.7 Å². The summed E-state index contributed by atoms with van der Waals surface area (Å²) in [6.45, 7) is 4.99. The molecule has 4 nitrogen and oxygen atoms in total. The first-order valence-corrected chi connectivity index (χ1v) is 6.73. The lowest BCUT2D eigenvalue weighted by Gasteiger charge is -2.19. The summed E-state index contributed by atoms with van der Waals surface area (Å²) in [5.74, 6) is -1.11. The van der Waals surface area contributed by atoms with Crippen molar-refractivity contribution in [3.8, 4) is 0 Å². The Balaban J connectivity index is 2.10. The van der Waals surface area contributed by atoms with Crippen LogP contribution in [0.4, 0.5) is 0 Å². The molecular formula is C16H20N2O2. The van der Waals surface area contributed by atoms with Gasteiger partial charge in [-0.3, -0.25) is 9.78 Å². The summed E-state index contributed by atoms with van der Waals surface area (Å²) in [5.41, 5.74) is 3.18. The lowest BCUT2D eigenvalue weighted by Crippen LogP contribution is -2.28. The number of aliphatic carboxylic acids is 1. The van der Waals surface area contributed by atoms with Crippen LogP contribution in [-0.4, -0.2) is 34.6 Å². The molecule has 1 unspecified atom stereocenters. The van der Waals surface area contributed by atoms with Crippen molar-refractivity contribution in [2.75, 3.05) is 13.6 Å². The highest BCUT2D eigenvalue weighted by atomic mass is 16.4. The number of nitrogens with zero attached hydrogens (tertiary/aromatic N) is 2. The van der Waals surface area contributed by atoms with Crippen LogP contribution in [0, 0.1) is 12.8 Å². The van der Waals surface area contributed by atoms with E-state index in [0.717, 1.165) is 23.1 Å². The van der Waals surface area contributed by atoms with E-state index in [1.807, 2.05) is 31.0 Å². The van der Waals surface area contributed by atoms with E-state index in [1.165, 1.54) is 5.56 Å². The van der Waals surface area contributed by atoms with Gasteiger partial charge in [0.05, 0.1) is 11.4 Å². The third-order valence-electron chi connectivity index (χ3n) is 3.35. The molecule has 1 atom stereocenters. The van der Waals surface area contributed by atoms with Crippen LogP contribution in [0.1, 0.15) is 18.2 Å². The SMILES string of the molecule is Cc1ccc2cc(CN(C)CC(C)C(=O)O)ccc2n1. The van der Waals surface area contributed by atoms with Gasteiger partial charge in [-0.2, -0.15) is 0 Å².